The molecule has 0 radical (unpaired) electrons. The van der Waals surface area contributed by atoms with Crippen LogP contribution in [0.25, 0.3) is 0 Å². The summed E-state index contributed by atoms with van der Waals surface area (Å²) in [7, 11) is 0. The molecular formula is C8H4AgNO2. The van der Waals surface area contributed by atoms with Crippen LogP contribution in [0, 0.1) is 11.3 Å². The fourth-order valence-corrected chi connectivity index (χ4v) is 0.716. The Kier molecular flexibility index (Phi) is 4.30. The van der Waals surface area contributed by atoms with Crippen molar-refractivity contribution in [1.29, 1.82) is 5.26 Å². The average Bonchev–Trinajstić information content (AvgIpc) is 2.05. The van der Waals surface area contributed by atoms with Gasteiger partial charge in [-0.15, -0.1) is 0 Å². The molecule has 0 aliphatic heterocycles. The minimum absolute atomic E-state index is 0. The monoisotopic (exact) mass is 253 g/mol. The first-order valence-electron chi connectivity index (χ1n) is 2.95. The van der Waals surface area contributed by atoms with Gasteiger partial charge in [0.05, 0.1) is 17.6 Å². The van der Waals surface area contributed by atoms with E-state index >= 15 is 0 Å². The van der Waals surface area contributed by atoms with E-state index < -0.39 is 5.97 Å². The van der Waals surface area contributed by atoms with E-state index in [1.807, 2.05) is 6.07 Å². The molecule has 0 fully saturated rings. The van der Waals surface area contributed by atoms with Gasteiger partial charge in [-0.1, -0.05) is 12.1 Å². The Morgan fingerprint density at radius 1 is 1.50 bits per heavy atom. The number of benzene rings is 1. The van der Waals surface area contributed by atoms with Crippen molar-refractivity contribution in [1.82, 2.24) is 0 Å². The van der Waals surface area contributed by atoms with Crippen LogP contribution in [0.4, 0.5) is 0 Å². The second-order valence-electron chi connectivity index (χ2n) is 1.98. The number of nitrogens with zero attached hydrogens (tertiary/aromatic N) is 1. The molecule has 0 unspecified atom stereocenters. The summed E-state index contributed by atoms with van der Waals surface area (Å²) >= 11 is 0. The van der Waals surface area contributed by atoms with E-state index in [1.165, 1.54) is 24.3 Å². The Hall–Kier alpha value is -1.08. The molecule has 0 aliphatic carbocycles. The summed E-state index contributed by atoms with van der Waals surface area (Å²) < 4.78 is 0. The predicted molar refractivity (Wildman–Crippen MR) is 35.5 cm³/mol. The Morgan fingerprint density at radius 3 is 2.67 bits per heavy atom. The number of carbonyl (C=O) groups excluding carboxylic acids is 1. The van der Waals surface area contributed by atoms with E-state index in [4.69, 9.17) is 5.26 Å². The minimum Gasteiger partial charge on any atom is -0.545 e. The number of hydrogen-bond donors (Lipinski definition) is 0. The average molecular weight is 254 g/mol. The van der Waals surface area contributed by atoms with Gasteiger partial charge in [-0.2, -0.15) is 5.26 Å². The van der Waals surface area contributed by atoms with E-state index in [2.05, 4.69) is 0 Å². The molecule has 0 aliphatic rings. The minimum atomic E-state index is -1.26. The third-order valence-corrected chi connectivity index (χ3v) is 1.23. The topological polar surface area (TPSA) is 63.9 Å². The summed E-state index contributed by atoms with van der Waals surface area (Å²) in [6, 6.07) is 7.53. The van der Waals surface area contributed by atoms with E-state index in [-0.39, 0.29) is 27.9 Å². The molecule has 0 saturated carbocycles. The molecule has 64 valence electrons. The molecule has 0 heterocycles. The van der Waals surface area contributed by atoms with Crippen LogP contribution in [-0.4, -0.2) is 5.97 Å². The smallest absolute Gasteiger partial charge is 0.545 e. The van der Waals surface area contributed by atoms with Crippen LogP contribution in [-0.2, 0) is 22.4 Å². The number of nitriles is 1. The number of carboxylic acid groups (broad SMARTS) is 1. The fraction of sp³-hybridized carbons (Fsp3) is 0. The first kappa shape index (κ1) is 10.9. The van der Waals surface area contributed by atoms with Crippen LogP contribution in [0.15, 0.2) is 24.3 Å². The van der Waals surface area contributed by atoms with Crippen LogP contribution >= 0.6 is 0 Å². The summed E-state index contributed by atoms with van der Waals surface area (Å²) in [6.07, 6.45) is 0. The summed E-state index contributed by atoms with van der Waals surface area (Å²) in [5.74, 6) is -1.26. The zero-order valence-electron chi connectivity index (χ0n) is 5.87. The first-order valence-corrected chi connectivity index (χ1v) is 2.95. The van der Waals surface area contributed by atoms with Crippen molar-refractivity contribution in [3.8, 4) is 6.07 Å². The van der Waals surface area contributed by atoms with Crippen molar-refractivity contribution in [2.24, 2.45) is 0 Å². The van der Waals surface area contributed by atoms with Gasteiger partial charge in [-0.05, 0) is 17.7 Å². The maximum absolute atomic E-state index is 10.2. The Bertz CT molecular complexity index is 330. The van der Waals surface area contributed by atoms with Gasteiger partial charge in [-0.3, -0.25) is 0 Å². The van der Waals surface area contributed by atoms with Crippen molar-refractivity contribution in [3.05, 3.63) is 35.4 Å². The number of carbonyl (C=O) groups is 1. The van der Waals surface area contributed by atoms with Gasteiger partial charge in [0, 0.05) is 0 Å². The molecule has 1 rings (SSSR count). The number of aromatic carboxylic acids is 1. The first-order chi connectivity index (χ1) is 5.24. The molecule has 0 amide bonds. The molecule has 0 aromatic heterocycles. The summed E-state index contributed by atoms with van der Waals surface area (Å²) in [4.78, 5) is 10.2. The van der Waals surface area contributed by atoms with Gasteiger partial charge in [-0.25, -0.2) is 0 Å². The maximum atomic E-state index is 10.2. The van der Waals surface area contributed by atoms with Crippen LogP contribution in [0.5, 0.6) is 0 Å². The largest absolute Gasteiger partial charge is 1.00 e. The number of rotatable bonds is 1. The van der Waals surface area contributed by atoms with E-state index in [0.29, 0.717) is 5.56 Å². The van der Waals surface area contributed by atoms with Crippen molar-refractivity contribution >= 4 is 5.97 Å². The molecule has 0 spiro atoms. The SMILES string of the molecule is N#Cc1cccc(C(=O)[O-])c1.[Ag+]. The van der Waals surface area contributed by atoms with Gasteiger partial charge in [0.1, 0.15) is 0 Å². The van der Waals surface area contributed by atoms with Gasteiger partial charge in [0.15, 0.2) is 0 Å². The summed E-state index contributed by atoms with van der Waals surface area (Å²) in [5.41, 5.74) is 0.357. The summed E-state index contributed by atoms with van der Waals surface area (Å²) in [5, 5.41) is 18.6. The van der Waals surface area contributed by atoms with Crippen LogP contribution < -0.4 is 5.11 Å². The molecule has 0 N–H and O–H groups in total. The van der Waals surface area contributed by atoms with E-state index in [0.717, 1.165) is 0 Å². The Morgan fingerprint density at radius 2 is 2.17 bits per heavy atom. The van der Waals surface area contributed by atoms with Gasteiger partial charge < -0.3 is 9.90 Å². The van der Waals surface area contributed by atoms with Crippen LogP contribution in [0.2, 0.25) is 0 Å². The normalized spacial score (nSPS) is 7.92. The van der Waals surface area contributed by atoms with Crippen LogP contribution in [0.3, 0.4) is 0 Å². The third-order valence-electron chi connectivity index (χ3n) is 1.23. The third kappa shape index (κ3) is 2.51. The van der Waals surface area contributed by atoms with E-state index in [1.54, 1.807) is 0 Å². The fourth-order valence-electron chi connectivity index (χ4n) is 0.716. The van der Waals surface area contributed by atoms with Crippen molar-refractivity contribution < 1.29 is 32.3 Å². The van der Waals surface area contributed by atoms with Crippen molar-refractivity contribution in [2.45, 2.75) is 0 Å². The Labute approximate surface area is 85.1 Å². The molecular weight excluding hydrogens is 250 g/mol. The number of hydrogen-bond acceptors (Lipinski definition) is 3. The molecule has 0 saturated heterocycles. The zero-order valence-corrected chi connectivity index (χ0v) is 7.36. The molecule has 0 bridgehead atoms. The van der Waals surface area contributed by atoms with Gasteiger partial charge in [0.25, 0.3) is 0 Å². The quantitative estimate of drug-likeness (QED) is 0.658. The van der Waals surface area contributed by atoms with E-state index in [9.17, 15) is 9.90 Å². The van der Waals surface area contributed by atoms with Gasteiger partial charge >= 0.3 is 22.4 Å². The predicted octanol–water partition coefficient (Wildman–Crippen LogP) is -0.0807. The molecule has 3 nitrogen and oxygen atoms in total. The Balaban J connectivity index is 0.00000121. The molecule has 1 aromatic carbocycles. The molecule has 12 heavy (non-hydrogen) atoms. The van der Waals surface area contributed by atoms with Crippen molar-refractivity contribution in [2.75, 3.05) is 0 Å². The van der Waals surface area contributed by atoms with Crippen LogP contribution in [0.1, 0.15) is 15.9 Å². The molecule has 4 heteroatoms. The summed E-state index contributed by atoms with van der Waals surface area (Å²) in [6.45, 7) is 0. The second kappa shape index (κ2) is 4.73. The standard InChI is InChI=1S/C8H5NO2.Ag/c9-5-6-2-1-3-7(4-6)8(10)11;/h1-4H,(H,10,11);/q;+1/p-1. The molecule has 0 atom stereocenters. The van der Waals surface area contributed by atoms with Gasteiger partial charge in [0.2, 0.25) is 0 Å². The zero-order chi connectivity index (χ0) is 8.27. The molecule has 1 aromatic rings. The number of carboxylic acids is 1. The van der Waals surface area contributed by atoms with Crippen molar-refractivity contribution in [3.63, 3.8) is 0 Å². The second-order valence-corrected chi connectivity index (χ2v) is 1.98. The maximum Gasteiger partial charge on any atom is 1.00 e.